The number of benzene rings is 1. The summed E-state index contributed by atoms with van der Waals surface area (Å²) in [4.78, 5) is 4.59. The first kappa shape index (κ1) is 13.3. The van der Waals surface area contributed by atoms with Crippen LogP contribution < -0.4 is 4.90 Å². The molecule has 0 bridgehead atoms. The van der Waals surface area contributed by atoms with Crippen LogP contribution in [-0.2, 0) is 0 Å². The Labute approximate surface area is 108 Å². The standard InChI is InChI=1S/C14H21FN2O/c1-16-8-2-9-17(14(11-16)7-10-18)13-5-3-12(15)4-6-13/h3-6,14,18H,2,7-11H2,1H3. The largest absolute Gasteiger partial charge is 0.396 e. The lowest BCUT2D eigenvalue weighted by molar-refractivity contribution is 0.253. The molecular formula is C14H21FN2O. The molecule has 0 saturated carbocycles. The fraction of sp³-hybridized carbons (Fsp3) is 0.571. The first-order valence-electron chi connectivity index (χ1n) is 6.52. The summed E-state index contributed by atoms with van der Waals surface area (Å²) in [7, 11) is 2.11. The van der Waals surface area contributed by atoms with Crippen molar-refractivity contribution in [1.82, 2.24) is 4.90 Å². The highest BCUT2D eigenvalue weighted by Gasteiger charge is 2.23. The number of halogens is 1. The van der Waals surface area contributed by atoms with Gasteiger partial charge in [0.15, 0.2) is 0 Å². The molecule has 1 atom stereocenters. The van der Waals surface area contributed by atoms with Crippen LogP contribution in [0, 0.1) is 5.82 Å². The Morgan fingerprint density at radius 3 is 2.67 bits per heavy atom. The fourth-order valence-corrected chi connectivity index (χ4v) is 2.61. The van der Waals surface area contributed by atoms with Gasteiger partial charge in [0, 0.05) is 31.4 Å². The predicted octanol–water partition coefficient (Wildman–Crippen LogP) is 1.72. The van der Waals surface area contributed by atoms with Crippen LogP contribution in [0.5, 0.6) is 0 Å². The van der Waals surface area contributed by atoms with E-state index in [1.54, 1.807) is 0 Å². The van der Waals surface area contributed by atoms with E-state index in [9.17, 15) is 9.50 Å². The smallest absolute Gasteiger partial charge is 0.123 e. The normalized spacial score (nSPS) is 21.9. The van der Waals surface area contributed by atoms with E-state index >= 15 is 0 Å². The highest BCUT2D eigenvalue weighted by Crippen LogP contribution is 2.22. The number of hydrogen-bond donors (Lipinski definition) is 1. The molecule has 1 unspecified atom stereocenters. The van der Waals surface area contributed by atoms with Gasteiger partial charge in [-0.25, -0.2) is 4.39 Å². The summed E-state index contributed by atoms with van der Waals surface area (Å²) in [6.07, 6.45) is 1.84. The average Bonchev–Trinajstić information content (AvgIpc) is 2.53. The fourth-order valence-electron chi connectivity index (χ4n) is 2.61. The van der Waals surface area contributed by atoms with Crippen LogP contribution in [0.4, 0.5) is 10.1 Å². The second kappa shape index (κ2) is 6.16. The Morgan fingerprint density at radius 1 is 1.28 bits per heavy atom. The SMILES string of the molecule is CN1CCCN(c2ccc(F)cc2)C(CCO)C1. The Morgan fingerprint density at radius 2 is 2.00 bits per heavy atom. The molecule has 100 valence electrons. The number of anilines is 1. The van der Waals surface area contributed by atoms with E-state index in [1.807, 2.05) is 12.1 Å². The zero-order chi connectivity index (χ0) is 13.0. The maximum atomic E-state index is 13.0. The Hall–Kier alpha value is -1.13. The summed E-state index contributed by atoms with van der Waals surface area (Å²) in [5, 5.41) is 9.20. The number of likely N-dealkylation sites (N-methyl/N-ethyl adjacent to an activating group) is 1. The minimum Gasteiger partial charge on any atom is -0.396 e. The number of aliphatic hydroxyl groups excluding tert-OH is 1. The summed E-state index contributed by atoms with van der Waals surface area (Å²) in [5.41, 5.74) is 1.05. The second-order valence-corrected chi connectivity index (χ2v) is 4.95. The minimum absolute atomic E-state index is 0.191. The van der Waals surface area contributed by atoms with Crippen LogP contribution in [0.1, 0.15) is 12.8 Å². The van der Waals surface area contributed by atoms with Crippen LogP contribution in [-0.4, -0.2) is 49.3 Å². The van der Waals surface area contributed by atoms with Crippen molar-refractivity contribution in [3.05, 3.63) is 30.1 Å². The molecule has 1 aromatic rings. The van der Waals surface area contributed by atoms with E-state index in [0.29, 0.717) is 6.04 Å². The third kappa shape index (κ3) is 3.21. The molecule has 1 aliphatic heterocycles. The van der Waals surface area contributed by atoms with E-state index < -0.39 is 0 Å². The van der Waals surface area contributed by atoms with Crippen LogP contribution in [0.25, 0.3) is 0 Å². The van der Waals surface area contributed by atoms with Gasteiger partial charge in [0.1, 0.15) is 5.82 Å². The van der Waals surface area contributed by atoms with Crippen molar-refractivity contribution >= 4 is 5.69 Å². The molecule has 4 heteroatoms. The summed E-state index contributed by atoms with van der Waals surface area (Å²) in [6.45, 7) is 3.16. The molecule has 1 saturated heterocycles. The van der Waals surface area contributed by atoms with Gasteiger partial charge in [-0.1, -0.05) is 0 Å². The van der Waals surface area contributed by atoms with Crippen molar-refractivity contribution in [3.8, 4) is 0 Å². The molecule has 0 spiro atoms. The second-order valence-electron chi connectivity index (χ2n) is 4.95. The van der Waals surface area contributed by atoms with Crippen LogP contribution in [0.2, 0.25) is 0 Å². The van der Waals surface area contributed by atoms with Crippen molar-refractivity contribution in [2.75, 3.05) is 38.2 Å². The van der Waals surface area contributed by atoms with Crippen molar-refractivity contribution in [2.24, 2.45) is 0 Å². The molecule has 18 heavy (non-hydrogen) atoms. The van der Waals surface area contributed by atoms with Crippen LogP contribution >= 0.6 is 0 Å². The van der Waals surface area contributed by atoms with Gasteiger partial charge in [-0.2, -0.15) is 0 Å². The molecular weight excluding hydrogens is 231 g/mol. The van der Waals surface area contributed by atoms with Crippen molar-refractivity contribution < 1.29 is 9.50 Å². The molecule has 1 aliphatic rings. The van der Waals surface area contributed by atoms with Crippen molar-refractivity contribution in [1.29, 1.82) is 0 Å². The highest BCUT2D eigenvalue weighted by atomic mass is 19.1. The molecule has 1 fully saturated rings. The first-order valence-corrected chi connectivity index (χ1v) is 6.52. The maximum absolute atomic E-state index is 13.0. The third-order valence-electron chi connectivity index (χ3n) is 3.52. The lowest BCUT2D eigenvalue weighted by Crippen LogP contribution is -2.40. The van der Waals surface area contributed by atoms with Gasteiger partial charge in [0.2, 0.25) is 0 Å². The van der Waals surface area contributed by atoms with Gasteiger partial charge < -0.3 is 14.9 Å². The van der Waals surface area contributed by atoms with E-state index in [4.69, 9.17) is 0 Å². The molecule has 0 aliphatic carbocycles. The third-order valence-corrected chi connectivity index (χ3v) is 3.52. The maximum Gasteiger partial charge on any atom is 0.123 e. The summed E-state index contributed by atoms with van der Waals surface area (Å²) in [5.74, 6) is -0.204. The van der Waals surface area contributed by atoms with Gasteiger partial charge >= 0.3 is 0 Å². The molecule has 2 rings (SSSR count). The number of nitrogens with zero attached hydrogens (tertiary/aromatic N) is 2. The molecule has 1 heterocycles. The zero-order valence-electron chi connectivity index (χ0n) is 10.8. The number of rotatable bonds is 3. The van der Waals surface area contributed by atoms with Crippen LogP contribution in [0.15, 0.2) is 24.3 Å². The molecule has 1 N–H and O–H groups in total. The van der Waals surface area contributed by atoms with Gasteiger partial charge in [-0.05, 0) is 50.7 Å². The number of aliphatic hydroxyl groups is 1. The van der Waals surface area contributed by atoms with E-state index in [1.165, 1.54) is 12.1 Å². The quantitative estimate of drug-likeness (QED) is 0.887. The Bertz CT molecular complexity index is 369. The average molecular weight is 252 g/mol. The summed E-state index contributed by atoms with van der Waals surface area (Å²) >= 11 is 0. The van der Waals surface area contributed by atoms with E-state index in [2.05, 4.69) is 16.8 Å². The summed E-state index contributed by atoms with van der Waals surface area (Å²) in [6, 6.07) is 6.95. The van der Waals surface area contributed by atoms with E-state index in [0.717, 1.165) is 38.2 Å². The highest BCUT2D eigenvalue weighted by molar-refractivity contribution is 5.47. The Kier molecular flexibility index (Phi) is 4.55. The zero-order valence-corrected chi connectivity index (χ0v) is 10.8. The lowest BCUT2D eigenvalue weighted by atomic mass is 10.1. The Balaban J connectivity index is 2.18. The van der Waals surface area contributed by atoms with Gasteiger partial charge in [0.05, 0.1) is 0 Å². The molecule has 1 aromatic carbocycles. The van der Waals surface area contributed by atoms with Gasteiger partial charge in [0.25, 0.3) is 0 Å². The van der Waals surface area contributed by atoms with E-state index in [-0.39, 0.29) is 12.4 Å². The van der Waals surface area contributed by atoms with Crippen molar-refractivity contribution in [3.63, 3.8) is 0 Å². The topological polar surface area (TPSA) is 26.7 Å². The van der Waals surface area contributed by atoms with Crippen molar-refractivity contribution in [2.45, 2.75) is 18.9 Å². The molecule has 0 radical (unpaired) electrons. The van der Waals surface area contributed by atoms with Crippen LogP contribution in [0.3, 0.4) is 0 Å². The van der Waals surface area contributed by atoms with Gasteiger partial charge in [-0.15, -0.1) is 0 Å². The number of hydrogen-bond acceptors (Lipinski definition) is 3. The predicted molar refractivity (Wildman–Crippen MR) is 71.4 cm³/mol. The molecule has 0 aromatic heterocycles. The monoisotopic (exact) mass is 252 g/mol. The molecule has 3 nitrogen and oxygen atoms in total. The first-order chi connectivity index (χ1) is 8.70. The molecule has 0 amide bonds. The minimum atomic E-state index is -0.204. The lowest BCUT2D eigenvalue weighted by Gasteiger charge is -2.32. The summed E-state index contributed by atoms with van der Waals surface area (Å²) < 4.78 is 13.0. The van der Waals surface area contributed by atoms with Gasteiger partial charge in [-0.3, -0.25) is 0 Å².